The first-order valence-electron chi connectivity index (χ1n) is 11.7. The van der Waals surface area contributed by atoms with Gasteiger partial charge in [-0.05, 0) is 68.5 Å². The molecule has 0 saturated heterocycles. The molecule has 2 aromatic heterocycles. The number of rotatable bonds is 9. The summed E-state index contributed by atoms with van der Waals surface area (Å²) in [6.07, 6.45) is 4.24. The molecule has 1 saturated carbocycles. The van der Waals surface area contributed by atoms with E-state index in [0.29, 0.717) is 29.2 Å². The van der Waals surface area contributed by atoms with Crippen molar-refractivity contribution in [3.05, 3.63) is 42.1 Å². The largest absolute Gasteiger partial charge is 0.493 e. The number of carbonyl (C=O) groups is 1. The van der Waals surface area contributed by atoms with Crippen molar-refractivity contribution in [2.24, 2.45) is 7.05 Å². The van der Waals surface area contributed by atoms with E-state index in [4.69, 9.17) is 14.5 Å². The predicted octanol–water partition coefficient (Wildman–Crippen LogP) is 3.89. The van der Waals surface area contributed by atoms with Gasteiger partial charge in [-0.25, -0.2) is 4.68 Å². The van der Waals surface area contributed by atoms with E-state index in [1.807, 2.05) is 45.3 Å². The topological polar surface area (TPSA) is 119 Å². The van der Waals surface area contributed by atoms with Crippen LogP contribution >= 0.6 is 0 Å². The predicted molar refractivity (Wildman–Crippen MR) is 133 cm³/mol. The molecule has 4 aromatic rings. The number of carbonyl (C=O) groups excluding carboxylic acids is 1. The number of ether oxygens (including phenoxy) is 2. The van der Waals surface area contributed by atoms with Crippen LogP contribution < -0.4 is 20.1 Å². The first-order chi connectivity index (χ1) is 16.9. The van der Waals surface area contributed by atoms with Crippen LogP contribution in [0.4, 0.5) is 11.6 Å². The van der Waals surface area contributed by atoms with Crippen LogP contribution in [0.2, 0.25) is 0 Å². The smallest absolute Gasteiger partial charge is 0.258 e. The number of fused-ring (bicyclic) bond motifs is 1. The van der Waals surface area contributed by atoms with Gasteiger partial charge in [-0.15, -0.1) is 5.10 Å². The van der Waals surface area contributed by atoms with Crippen molar-refractivity contribution in [3.8, 4) is 22.9 Å². The molecule has 5 rings (SSSR count). The number of aryl methyl sites for hydroxylation is 1. The van der Waals surface area contributed by atoms with E-state index in [-0.39, 0.29) is 18.6 Å². The van der Waals surface area contributed by atoms with Gasteiger partial charge in [0, 0.05) is 29.7 Å². The van der Waals surface area contributed by atoms with E-state index < -0.39 is 0 Å². The Morgan fingerprint density at radius 2 is 2.06 bits per heavy atom. The van der Waals surface area contributed by atoms with Gasteiger partial charge >= 0.3 is 0 Å². The van der Waals surface area contributed by atoms with Crippen molar-refractivity contribution < 1.29 is 14.3 Å². The van der Waals surface area contributed by atoms with Crippen LogP contribution in [0.5, 0.6) is 11.5 Å². The second-order valence-corrected chi connectivity index (χ2v) is 9.02. The maximum Gasteiger partial charge on any atom is 0.258 e. The normalized spacial score (nSPS) is 13.3. The van der Waals surface area contributed by atoms with Crippen LogP contribution in [-0.2, 0) is 11.8 Å². The summed E-state index contributed by atoms with van der Waals surface area (Å²) >= 11 is 0. The van der Waals surface area contributed by atoms with Crippen LogP contribution in [0.15, 0.2) is 36.5 Å². The third-order valence-corrected chi connectivity index (χ3v) is 5.89. The molecule has 35 heavy (non-hydrogen) atoms. The fourth-order valence-corrected chi connectivity index (χ4v) is 4.13. The van der Waals surface area contributed by atoms with Gasteiger partial charge in [0.25, 0.3) is 5.91 Å². The number of anilines is 2. The van der Waals surface area contributed by atoms with E-state index in [0.717, 1.165) is 22.2 Å². The Bertz CT molecular complexity index is 1370. The van der Waals surface area contributed by atoms with Gasteiger partial charge in [0.05, 0.1) is 18.8 Å². The summed E-state index contributed by atoms with van der Waals surface area (Å²) in [5.74, 6) is 2.51. The number of H-pyrrole nitrogens is 1. The molecule has 2 aromatic carbocycles. The zero-order valence-electron chi connectivity index (χ0n) is 20.3. The van der Waals surface area contributed by atoms with Crippen molar-refractivity contribution >= 4 is 28.4 Å². The third-order valence-electron chi connectivity index (χ3n) is 5.89. The lowest BCUT2D eigenvalue weighted by atomic mass is 10.0. The molecule has 0 spiro atoms. The molecule has 0 atom stereocenters. The van der Waals surface area contributed by atoms with Crippen molar-refractivity contribution in [2.45, 2.75) is 38.6 Å². The Kier molecular flexibility index (Phi) is 6.02. The van der Waals surface area contributed by atoms with Crippen molar-refractivity contribution in [1.82, 2.24) is 30.3 Å². The Morgan fingerprint density at radius 3 is 2.80 bits per heavy atom. The first kappa shape index (κ1) is 22.7. The molecule has 10 nitrogen and oxygen atoms in total. The molecule has 2 heterocycles. The number of amides is 1. The van der Waals surface area contributed by atoms with Crippen molar-refractivity contribution in [1.29, 1.82) is 0 Å². The molecule has 1 aliphatic carbocycles. The summed E-state index contributed by atoms with van der Waals surface area (Å²) < 4.78 is 12.9. The highest BCUT2D eigenvalue weighted by Crippen LogP contribution is 2.47. The maximum atomic E-state index is 11.9. The minimum Gasteiger partial charge on any atom is -0.493 e. The van der Waals surface area contributed by atoms with Gasteiger partial charge < -0.3 is 20.1 Å². The fourth-order valence-electron chi connectivity index (χ4n) is 4.13. The summed E-state index contributed by atoms with van der Waals surface area (Å²) in [5.41, 5.74) is 4.10. The molecule has 0 radical (unpaired) electrons. The van der Waals surface area contributed by atoms with Gasteiger partial charge in [0.15, 0.2) is 23.9 Å². The minimum atomic E-state index is -0.188. The van der Waals surface area contributed by atoms with Crippen LogP contribution in [0, 0.1) is 0 Å². The van der Waals surface area contributed by atoms with Gasteiger partial charge in [0.1, 0.15) is 0 Å². The van der Waals surface area contributed by atoms with Gasteiger partial charge in [-0.3, -0.25) is 9.89 Å². The standard InChI is InChI=1S/C25H29N7O3/c1-14(2)27-22(33)13-35-20-10-7-16(11-21(20)34-4)24-29-25(32(3)31-24)28-19-9-8-18-17(12-26-30-18)23(19)15-5-6-15/h7-12,14-15H,5-6,13H2,1-4H3,(H,26,30)(H,27,33)(H,28,29,31). The van der Waals surface area contributed by atoms with Gasteiger partial charge in [0.2, 0.25) is 5.95 Å². The second-order valence-electron chi connectivity index (χ2n) is 9.02. The van der Waals surface area contributed by atoms with Crippen LogP contribution in [0.1, 0.15) is 38.2 Å². The molecule has 0 bridgehead atoms. The highest BCUT2D eigenvalue weighted by Gasteiger charge is 2.29. The number of hydrogen-bond acceptors (Lipinski definition) is 7. The van der Waals surface area contributed by atoms with E-state index in [9.17, 15) is 4.79 Å². The average molecular weight is 476 g/mol. The van der Waals surface area contributed by atoms with Crippen LogP contribution in [0.3, 0.4) is 0 Å². The van der Waals surface area contributed by atoms with Crippen LogP contribution in [0.25, 0.3) is 22.3 Å². The van der Waals surface area contributed by atoms with Crippen LogP contribution in [-0.4, -0.2) is 50.6 Å². The lowest BCUT2D eigenvalue weighted by molar-refractivity contribution is -0.123. The SMILES string of the molecule is COc1cc(-c2nc(Nc3ccc4[nH]ncc4c3C3CC3)n(C)n2)ccc1OCC(=O)NC(C)C. The van der Waals surface area contributed by atoms with E-state index in [1.54, 1.807) is 17.9 Å². The van der Waals surface area contributed by atoms with E-state index in [1.165, 1.54) is 18.4 Å². The second kappa shape index (κ2) is 9.28. The molecule has 3 N–H and O–H groups in total. The Labute approximate surface area is 203 Å². The zero-order valence-corrected chi connectivity index (χ0v) is 20.3. The zero-order chi connectivity index (χ0) is 24.5. The summed E-state index contributed by atoms with van der Waals surface area (Å²) in [6.45, 7) is 3.71. The maximum absolute atomic E-state index is 11.9. The minimum absolute atomic E-state index is 0.0513. The molecule has 0 aliphatic heterocycles. The number of nitrogens with one attached hydrogen (secondary N) is 3. The molecule has 0 unspecified atom stereocenters. The van der Waals surface area contributed by atoms with Gasteiger partial charge in [-0.1, -0.05) is 0 Å². The third kappa shape index (κ3) is 4.77. The molecule has 182 valence electrons. The molecule has 10 heteroatoms. The summed E-state index contributed by atoms with van der Waals surface area (Å²) in [5, 5.41) is 19.3. The van der Waals surface area contributed by atoms with Crippen molar-refractivity contribution in [2.75, 3.05) is 19.0 Å². The fraction of sp³-hybridized carbons (Fsp3) is 0.360. The van der Waals surface area contributed by atoms with E-state index >= 15 is 0 Å². The number of nitrogens with zero attached hydrogens (tertiary/aromatic N) is 4. The Morgan fingerprint density at radius 1 is 1.23 bits per heavy atom. The lowest BCUT2D eigenvalue weighted by Crippen LogP contribution is -2.34. The molecule has 1 fully saturated rings. The molecule has 1 aliphatic rings. The first-order valence-corrected chi connectivity index (χ1v) is 11.7. The number of aromatic amines is 1. The summed E-state index contributed by atoms with van der Waals surface area (Å²) in [7, 11) is 3.42. The van der Waals surface area contributed by atoms with E-state index in [2.05, 4.69) is 32.0 Å². The number of benzene rings is 2. The highest BCUT2D eigenvalue weighted by molar-refractivity contribution is 5.89. The molecular formula is C25H29N7O3. The quantitative estimate of drug-likeness (QED) is 0.336. The Balaban J connectivity index is 1.37. The molecular weight excluding hydrogens is 446 g/mol. The highest BCUT2D eigenvalue weighted by atomic mass is 16.5. The number of hydrogen-bond donors (Lipinski definition) is 3. The number of methoxy groups -OCH3 is 1. The van der Waals surface area contributed by atoms with Gasteiger partial charge in [-0.2, -0.15) is 10.1 Å². The summed E-state index contributed by atoms with van der Waals surface area (Å²) in [6, 6.07) is 9.56. The average Bonchev–Trinajstić information content (AvgIpc) is 3.44. The number of aromatic nitrogens is 5. The monoisotopic (exact) mass is 475 g/mol. The molecule has 1 amide bonds. The Hall–Kier alpha value is -4.08. The summed E-state index contributed by atoms with van der Waals surface area (Å²) in [4.78, 5) is 16.7. The lowest BCUT2D eigenvalue weighted by Gasteiger charge is -2.12. The van der Waals surface area contributed by atoms with Crippen molar-refractivity contribution in [3.63, 3.8) is 0 Å².